The van der Waals surface area contributed by atoms with Gasteiger partial charge in [0, 0.05) is 49.1 Å². The van der Waals surface area contributed by atoms with E-state index in [2.05, 4.69) is 35.4 Å². The summed E-state index contributed by atoms with van der Waals surface area (Å²) < 4.78 is 27.7. The Kier molecular flexibility index (Phi) is 5.14. The zero-order valence-corrected chi connectivity index (χ0v) is 14.0. The fraction of sp³-hybridized carbons (Fsp3) is 0.583. The highest BCUT2D eigenvalue weighted by atomic mass is 79.9. The average Bonchev–Trinajstić information content (AvgIpc) is 2.40. The Labute approximate surface area is 128 Å². The predicted molar refractivity (Wildman–Crippen MR) is 81.0 cm³/mol. The number of pyridine rings is 1. The minimum absolute atomic E-state index is 0.179. The van der Waals surface area contributed by atoms with Crippen LogP contribution in [0, 0.1) is 0 Å². The van der Waals surface area contributed by atoms with Crippen LogP contribution in [0.5, 0.6) is 0 Å². The SMILES string of the molecule is CN1CCN(C)C(CNS(=O)(=O)c2cncc(Br)c2)C1. The number of rotatable bonds is 4. The molecule has 1 unspecified atom stereocenters. The summed E-state index contributed by atoms with van der Waals surface area (Å²) in [4.78, 5) is 8.46. The fourth-order valence-electron chi connectivity index (χ4n) is 2.15. The molecule has 112 valence electrons. The van der Waals surface area contributed by atoms with Crippen LogP contribution in [-0.2, 0) is 10.0 Å². The van der Waals surface area contributed by atoms with Crippen LogP contribution in [0.15, 0.2) is 27.8 Å². The number of sulfonamides is 1. The minimum Gasteiger partial charge on any atom is -0.303 e. The van der Waals surface area contributed by atoms with Crippen molar-refractivity contribution in [3.8, 4) is 0 Å². The molecule has 1 fully saturated rings. The van der Waals surface area contributed by atoms with Gasteiger partial charge in [-0.15, -0.1) is 0 Å². The Morgan fingerprint density at radius 2 is 2.15 bits per heavy atom. The molecule has 1 N–H and O–H groups in total. The number of hydrogen-bond donors (Lipinski definition) is 1. The molecule has 20 heavy (non-hydrogen) atoms. The molecule has 1 aromatic heterocycles. The van der Waals surface area contributed by atoms with Crippen LogP contribution in [-0.4, -0.2) is 69.5 Å². The largest absolute Gasteiger partial charge is 0.303 e. The minimum atomic E-state index is -3.51. The molecule has 2 rings (SSSR count). The smallest absolute Gasteiger partial charge is 0.242 e. The first-order valence-corrected chi connectivity index (χ1v) is 8.65. The molecule has 1 atom stereocenters. The van der Waals surface area contributed by atoms with Crippen LogP contribution in [0.2, 0.25) is 0 Å². The van der Waals surface area contributed by atoms with E-state index in [0.29, 0.717) is 11.0 Å². The van der Waals surface area contributed by atoms with Crippen molar-refractivity contribution in [2.75, 3.05) is 40.3 Å². The lowest BCUT2D eigenvalue weighted by Crippen LogP contribution is -2.54. The molecule has 0 amide bonds. The number of hydrogen-bond acceptors (Lipinski definition) is 5. The summed E-state index contributed by atoms with van der Waals surface area (Å²) in [5.41, 5.74) is 0. The molecule has 0 aromatic carbocycles. The van der Waals surface area contributed by atoms with Crippen molar-refractivity contribution in [1.29, 1.82) is 0 Å². The lowest BCUT2D eigenvalue weighted by atomic mass is 10.2. The van der Waals surface area contributed by atoms with Gasteiger partial charge in [0.2, 0.25) is 10.0 Å². The molecule has 1 saturated heterocycles. The highest BCUT2D eigenvalue weighted by Crippen LogP contribution is 2.14. The third-order valence-corrected chi connectivity index (χ3v) is 5.30. The first kappa shape index (κ1) is 15.8. The summed E-state index contributed by atoms with van der Waals surface area (Å²) in [5.74, 6) is 0. The molecule has 0 radical (unpaired) electrons. The van der Waals surface area contributed by atoms with Crippen molar-refractivity contribution in [2.45, 2.75) is 10.9 Å². The van der Waals surface area contributed by atoms with Crippen LogP contribution >= 0.6 is 15.9 Å². The molecule has 8 heteroatoms. The van der Waals surface area contributed by atoms with E-state index in [1.807, 2.05) is 14.1 Å². The normalized spacial score (nSPS) is 22.1. The van der Waals surface area contributed by atoms with E-state index in [1.165, 1.54) is 6.20 Å². The maximum atomic E-state index is 12.2. The van der Waals surface area contributed by atoms with Crippen LogP contribution < -0.4 is 4.72 Å². The highest BCUT2D eigenvalue weighted by molar-refractivity contribution is 9.10. The zero-order valence-electron chi connectivity index (χ0n) is 11.6. The quantitative estimate of drug-likeness (QED) is 0.837. The van der Waals surface area contributed by atoms with Crippen LogP contribution in [0.1, 0.15) is 0 Å². The van der Waals surface area contributed by atoms with Gasteiger partial charge in [-0.25, -0.2) is 13.1 Å². The van der Waals surface area contributed by atoms with Gasteiger partial charge in [0.05, 0.1) is 0 Å². The molecule has 1 aromatic rings. The first-order chi connectivity index (χ1) is 9.38. The van der Waals surface area contributed by atoms with E-state index in [9.17, 15) is 8.42 Å². The number of nitrogens with zero attached hydrogens (tertiary/aromatic N) is 3. The highest BCUT2D eigenvalue weighted by Gasteiger charge is 2.24. The molecule has 1 aliphatic rings. The number of aromatic nitrogens is 1. The van der Waals surface area contributed by atoms with E-state index in [0.717, 1.165) is 19.6 Å². The first-order valence-electron chi connectivity index (χ1n) is 6.37. The van der Waals surface area contributed by atoms with Crippen molar-refractivity contribution in [2.24, 2.45) is 0 Å². The number of halogens is 1. The molecule has 0 spiro atoms. The van der Waals surface area contributed by atoms with Crippen LogP contribution in [0.3, 0.4) is 0 Å². The van der Waals surface area contributed by atoms with Crippen LogP contribution in [0.25, 0.3) is 0 Å². The maximum absolute atomic E-state index is 12.2. The summed E-state index contributed by atoms with van der Waals surface area (Å²) in [6.07, 6.45) is 2.91. The van der Waals surface area contributed by atoms with E-state index in [-0.39, 0.29) is 10.9 Å². The summed E-state index contributed by atoms with van der Waals surface area (Å²) in [7, 11) is 0.558. The molecule has 0 saturated carbocycles. The summed E-state index contributed by atoms with van der Waals surface area (Å²) in [6.45, 7) is 3.21. The third-order valence-electron chi connectivity index (χ3n) is 3.48. The van der Waals surface area contributed by atoms with E-state index < -0.39 is 10.0 Å². The van der Waals surface area contributed by atoms with Gasteiger partial charge in [-0.3, -0.25) is 9.88 Å². The molecular formula is C12H19BrN4O2S. The fourth-order valence-corrected chi connectivity index (χ4v) is 3.73. The second kappa shape index (κ2) is 6.48. The second-order valence-electron chi connectivity index (χ2n) is 5.09. The Balaban J connectivity index is 2.02. The van der Waals surface area contributed by atoms with Gasteiger partial charge in [0.25, 0.3) is 0 Å². The van der Waals surface area contributed by atoms with E-state index >= 15 is 0 Å². The lowest BCUT2D eigenvalue weighted by molar-refractivity contribution is 0.117. The molecule has 2 heterocycles. The van der Waals surface area contributed by atoms with Gasteiger partial charge in [0.15, 0.2) is 0 Å². The van der Waals surface area contributed by atoms with Crippen molar-refractivity contribution in [1.82, 2.24) is 19.5 Å². The van der Waals surface area contributed by atoms with E-state index in [4.69, 9.17) is 0 Å². The monoisotopic (exact) mass is 362 g/mol. The molecule has 6 nitrogen and oxygen atoms in total. The molecule has 1 aliphatic heterocycles. The van der Waals surface area contributed by atoms with Gasteiger partial charge in [-0.2, -0.15) is 0 Å². The average molecular weight is 363 g/mol. The van der Waals surface area contributed by atoms with Crippen molar-refractivity contribution < 1.29 is 8.42 Å². The van der Waals surface area contributed by atoms with Gasteiger partial charge in [-0.1, -0.05) is 0 Å². The zero-order chi connectivity index (χ0) is 14.8. The standard InChI is InChI=1S/C12H19BrN4O2S/c1-16-3-4-17(2)11(9-16)7-15-20(18,19)12-5-10(13)6-14-8-12/h5-6,8,11,15H,3-4,7,9H2,1-2H3. The molecular weight excluding hydrogens is 344 g/mol. The Bertz CT molecular complexity index is 566. The summed E-state index contributed by atoms with van der Waals surface area (Å²) >= 11 is 3.23. The van der Waals surface area contributed by atoms with Crippen LogP contribution in [0.4, 0.5) is 0 Å². The third kappa shape index (κ3) is 3.98. The van der Waals surface area contributed by atoms with Crippen molar-refractivity contribution in [3.63, 3.8) is 0 Å². The molecule has 0 bridgehead atoms. The van der Waals surface area contributed by atoms with Gasteiger partial charge < -0.3 is 4.90 Å². The Morgan fingerprint density at radius 3 is 2.85 bits per heavy atom. The number of nitrogens with one attached hydrogen (secondary N) is 1. The lowest BCUT2D eigenvalue weighted by Gasteiger charge is -2.37. The number of piperazine rings is 1. The number of likely N-dealkylation sites (N-methyl/N-ethyl adjacent to an activating group) is 2. The van der Waals surface area contributed by atoms with Gasteiger partial charge in [-0.05, 0) is 36.1 Å². The van der Waals surface area contributed by atoms with Gasteiger partial charge >= 0.3 is 0 Å². The van der Waals surface area contributed by atoms with Gasteiger partial charge in [0.1, 0.15) is 4.90 Å². The van der Waals surface area contributed by atoms with E-state index in [1.54, 1.807) is 12.3 Å². The maximum Gasteiger partial charge on any atom is 0.242 e. The van der Waals surface area contributed by atoms with Crippen molar-refractivity contribution >= 4 is 26.0 Å². The van der Waals surface area contributed by atoms with Crippen molar-refractivity contribution in [3.05, 3.63) is 22.9 Å². The summed E-state index contributed by atoms with van der Waals surface area (Å²) in [5, 5.41) is 0. The molecule has 0 aliphatic carbocycles. The Hall–Kier alpha value is -0.540. The Morgan fingerprint density at radius 1 is 1.40 bits per heavy atom. The second-order valence-corrected chi connectivity index (χ2v) is 7.77. The summed E-state index contributed by atoms with van der Waals surface area (Å²) in [6, 6.07) is 1.73. The topological polar surface area (TPSA) is 65.5 Å². The predicted octanol–water partition coefficient (Wildman–Crippen LogP) is 0.368.